The van der Waals surface area contributed by atoms with Crippen LogP contribution in [0.3, 0.4) is 0 Å². The van der Waals surface area contributed by atoms with Crippen molar-refractivity contribution < 1.29 is 19.2 Å². The molecule has 168 valence electrons. The average molecular weight is 429 g/mol. The van der Waals surface area contributed by atoms with E-state index >= 15 is 0 Å². The number of hydrogen-bond acceptors (Lipinski definition) is 6. The number of fused-ring (bicyclic) bond motifs is 1. The number of nitrogens with one attached hydrogen (secondary N) is 2. The molecule has 8 nitrogen and oxygen atoms in total. The van der Waals surface area contributed by atoms with E-state index in [4.69, 9.17) is 5.73 Å². The first-order valence-electron chi connectivity index (χ1n) is 11.3. The fraction of sp³-hybridized carbons (Fsp3) is 0.565. The van der Waals surface area contributed by atoms with Gasteiger partial charge in [-0.1, -0.05) is 44.6 Å². The van der Waals surface area contributed by atoms with Gasteiger partial charge in [-0.05, 0) is 37.9 Å². The largest absolute Gasteiger partial charge is 0.384 e. The van der Waals surface area contributed by atoms with Crippen molar-refractivity contribution in [1.29, 1.82) is 0 Å². The van der Waals surface area contributed by atoms with Crippen LogP contribution in [-0.2, 0) is 9.59 Å². The minimum atomic E-state index is -0.942. The predicted octanol–water partition coefficient (Wildman–Crippen LogP) is 2.58. The number of hydrogen-bond donors (Lipinski definition) is 3. The second-order valence-electron chi connectivity index (χ2n) is 8.22. The molecule has 8 heteroatoms. The first kappa shape index (κ1) is 22.9. The molecular formula is C23H32N4O4. The Kier molecular flexibility index (Phi) is 8.17. The van der Waals surface area contributed by atoms with Crippen LogP contribution in [0, 0.1) is 0 Å². The summed E-state index contributed by atoms with van der Waals surface area (Å²) in [6.45, 7) is 1.48. The Hall–Kier alpha value is -2.74. The SMILES string of the molecule is NCCCCCCCCCCNc1cccc2c1C(=O)N(C1CCC(=O)NC1=O)C2=O. The molecule has 31 heavy (non-hydrogen) atoms. The van der Waals surface area contributed by atoms with Crippen LogP contribution in [-0.4, -0.2) is 47.7 Å². The van der Waals surface area contributed by atoms with E-state index < -0.39 is 23.8 Å². The Labute approximate surface area is 182 Å². The van der Waals surface area contributed by atoms with Gasteiger partial charge in [0.15, 0.2) is 0 Å². The maximum atomic E-state index is 13.0. The molecule has 1 aromatic carbocycles. The van der Waals surface area contributed by atoms with E-state index in [1.807, 2.05) is 0 Å². The number of rotatable bonds is 12. The fourth-order valence-corrected chi connectivity index (χ4v) is 4.22. The topological polar surface area (TPSA) is 122 Å². The van der Waals surface area contributed by atoms with Crippen LogP contribution in [0.1, 0.15) is 84.9 Å². The molecule has 1 atom stereocenters. The molecule has 4 amide bonds. The normalized spacial score (nSPS) is 18.4. The molecule has 1 fully saturated rings. The van der Waals surface area contributed by atoms with Crippen LogP contribution >= 0.6 is 0 Å². The monoisotopic (exact) mass is 428 g/mol. The Morgan fingerprint density at radius 3 is 2.29 bits per heavy atom. The summed E-state index contributed by atoms with van der Waals surface area (Å²) >= 11 is 0. The van der Waals surface area contributed by atoms with Crippen LogP contribution in [0.2, 0.25) is 0 Å². The molecule has 0 aliphatic carbocycles. The predicted molar refractivity (Wildman–Crippen MR) is 118 cm³/mol. The van der Waals surface area contributed by atoms with E-state index in [0.717, 1.165) is 30.7 Å². The molecule has 2 aliphatic rings. The number of benzene rings is 1. The van der Waals surface area contributed by atoms with Crippen molar-refractivity contribution in [3.63, 3.8) is 0 Å². The highest BCUT2D eigenvalue weighted by Gasteiger charge is 2.45. The number of imide groups is 2. The number of piperidine rings is 1. The third-order valence-corrected chi connectivity index (χ3v) is 5.91. The molecule has 2 aliphatic heterocycles. The van der Waals surface area contributed by atoms with Crippen LogP contribution in [0.25, 0.3) is 0 Å². The standard InChI is InChI=1S/C23H32N4O4/c24-14-7-5-3-1-2-4-6-8-15-25-17-11-9-10-16-20(17)23(31)27(22(16)30)18-12-13-19(28)26-21(18)29/h9-11,18,25H,1-8,12-15,24H2,(H,26,28,29). The first-order chi connectivity index (χ1) is 15.0. The number of carbonyl (C=O) groups is 4. The van der Waals surface area contributed by atoms with Crippen molar-refractivity contribution in [3.8, 4) is 0 Å². The number of unbranched alkanes of at least 4 members (excludes halogenated alkanes) is 7. The number of nitrogens with two attached hydrogens (primary N) is 1. The lowest BCUT2D eigenvalue weighted by molar-refractivity contribution is -0.136. The molecule has 3 rings (SSSR count). The summed E-state index contributed by atoms with van der Waals surface area (Å²) in [6.07, 6.45) is 9.55. The van der Waals surface area contributed by atoms with Crippen molar-refractivity contribution in [2.75, 3.05) is 18.4 Å². The third-order valence-electron chi connectivity index (χ3n) is 5.91. The number of anilines is 1. The molecule has 1 saturated heterocycles. The summed E-state index contributed by atoms with van der Waals surface area (Å²) in [6, 6.07) is 4.19. The summed E-state index contributed by atoms with van der Waals surface area (Å²) < 4.78 is 0. The van der Waals surface area contributed by atoms with Crippen molar-refractivity contribution in [2.45, 2.75) is 70.3 Å². The Balaban J connectivity index is 1.51. The van der Waals surface area contributed by atoms with Gasteiger partial charge in [-0.25, -0.2) is 0 Å². The zero-order valence-corrected chi connectivity index (χ0v) is 18.0. The molecule has 1 unspecified atom stereocenters. The van der Waals surface area contributed by atoms with Gasteiger partial charge in [-0.15, -0.1) is 0 Å². The van der Waals surface area contributed by atoms with Gasteiger partial charge in [0.25, 0.3) is 11.8 Å². The summed E-state index contributed by atoms with van der Waals surface area (Å²) in [7, 11) is 0. The summed E-state index contributed by atoms with van der Waals surface area (Å²) in [5, 5.41) is 5.50. The Morgan fingerprint density at radius 2 is 1.61 bits per heavy atom. The van der Waals surface area contributed by atoms with Crippen LogP contribution in [0.4, 0.5) is 5.69 Å². The van der Waals surface area contributed by atoms with Crippen LogP contribution in [0.15, 0.2) is 18.2 Å². The zero-order chi connectivity index (χ0) is 22.2. The Morgan fingerprint density at radius 1 is 0.935 bits per heavy atom. The van der Waals surface area contributed by atoms with E-state index in [0.29, 0.717) is 23.4 Å². The summed E-state index contributed by atoms with van der Waals surface area (Å²) in [5.74, 6) is -1.93. The second kappa shape index (κ2) is 11.0. The van der Waals surface area contributed by atoms with E-state index in [9.17, 15) is 19.2 Å². The van der Waals surface area contributed by atoms with Gasteiger partial charge in [0, 0.05) is 18.7 Å². The molecule has 1 aromatic rings. The molecule has 0 saturated carbocycles. The smallest absolute Gasteiger partial charge is 0.264 e. The third kappa shape index (κ3) is 5.50. The lowest BCUT2D eigenvalue weighted by Crippen LogP contribution is -2.54. The maximum Gasteiger partial charge on any atom is 0.264 e. The summed E-state index contributed by atoms with van der Waals surface area (Å²) in [5.41, 5.74) is 6.74. The number of carbonyl (C=O) groups excluding carboxylic acids is 4. The first-order valence-corrected chi connectivity index (χ1v) is 11.3. The van der Waals surface area contributed by atoms with E-state index in [-0.39, 0.29) is 18.7 Å². The Bertz CT molecular complexity index is 839. The molecule has 2 heterocycles. The van der Waals surface area contributed by atoms with Crippen molar-refractivity contribution >= 4 is 29.3 Å². The lowest BCUT2D eigenvalue weighted by Gasteiger charge is -2.27. The van der Waals surface area contributed by atoms with Gasteiger partial charge in [0.2, 0.25) is 11.8 Å². The van der Waals surface area contributed by atoms with E-state index in [2.05, 4.69) is 10.6 Å². The molecule has 0 bridgehead atoms. The number of amides is 4. The summed E-state index contributed by atoms with van der Waals surface area (Å²) in [4.78, 5) is 50.5. The minimum absolute atomic E-state index is 0.113. The average Bonchev–Trinajstić information content (AvgIpc) is 3.01. The molecular weight excluding hydrogens is 396 g/mol. The molecule has 4 N–H and O–H groups in total. The quantitative estimate of drug-likeness (QED) is 0.347. The highest BCUT2D eigenvalue weighted by Crippen LogP contribution is 2.32. The van der Waals surface area contributed by atoms with E-state index in [1.54, 1.807) is 18.2 Å². The van der Waals surface area contributed by atoms with Gasteiger partial charge >= 0.3 is 0 Å². The second-order valence-corrected chi connectivity index (χ2v) is 8.22. The van der Waals surface area contributed by atoms with Gasteiger partial charge in [-0.3, -0.25) is 29.4 Å². The van der Waals surface area contributed by atoms with Gasteiger partial charge in [-0.2, -0.15) is 0 Å². The van der Waals surface area contributed by atoms with Crippen LogP contribution in [0.5, 0.6) is 0 Å². The number of nitrogens with zero attached hydrogens (tertiary/aromatic N) is 1. The van der Waals surface area contributed by atoms with Gasteiger partial charge in [0.05, 0.1) is 11.1 Å². The van der Waals surface area contributed by atoms with Gasteiger partial charge < -0.3 is 11.1 Å². The van der Waals surface area contributed by atoms with Gasteiger partial charge in [0.1, 0.15) is 6.04 Å². The van der Waals surface area contributed by atoms with Crippen molar-refractivity contribution in [1.82, 2.24) is 10.2 Å². The molecule has 0 aromatic heterocycles. The van der Waals surface area contributed by atoms with Crippen LogP contribution < -0.4 is 16.4 Å². The maximum absolute atomic E-state index is 13.0. The van der Waals surface area contributed by atoms with Crippen molar-refractivity contribution in [2.24, 2.45) is 5.73 Å². The zero-order valence-electron chi connectivity index (χ0n) is 18.0. The lowest BCUT2D eigenvalue weighted by atomic mass is 10.0. The molecule has 0 spiro atoms. The molecule has 0 radical (unpaired) electrons. The minimum Gasteiger partial charge on any atom is -0.384 e. The van der Waals surface area contributed by atoms with Crippen molar-refractivity contribution in [3.05, 3.63) is 29.3 Å². The van der Waals surface area contributed by atoms with E-state index in [1.165, 1.54) is 32.1 Å². The highest BCUT2D eigenvalue weighted by molar-refractivity contribution is 6.25. The highest BCUT2D eigenvalue weighted by atomic mass is 16.2. The fourth-order valence-electron chi connectivity index (χ4n) is 4.22.